The molecule has 8 heteroatoms. The average molecular weight is 417 g/mol. The summed E-state index contributed by atoms with van der Waals surface area (Å²) >= 11 is 3.12. The number of anilines is 1. The molecule has 0 radical (unpaired) electrons. The first-order valence-corrected chi connectivity index (χ1v) is 11.2. The van der Waals surface area contributed by atoms with Gasteiger partial charge in [-0.2, -0.15) is 0 Å². The van der Waals surface area contributed by atoms with Crippen LogP contribution in [0.3, 0.4) is 0 Å². The van der Waals surface area contributed by atoms with Gasteiger partial charge in [-0.05, 0) is 38.5 Å². The number of hydrogen-bond acceptors (Lipinski definition) is 6. The number of rotatable bonds is 9. The lowest BCUT2D eigenvalue weighted by Gasteiger charge is -2.11. The number of aromatic nitrogens is 3. The monoisotopic (exact) mass is 416 g/mol. The second-order valence-corrected chi connectivity index (χ2v) is 7.91. The Labute approximate surface area is 173 Å². The highest BCUT2D eigenvalue weighted by molar-refractivity contribution is 7.99. The van der Waals surface area contributed by atoms with Gasteiger partial charge in [0.1, 0.15) is 5.75 Å². The predicted octanol–water partition coefficient (Wildman–Crippen LogP) is 4.72. The number of thiophene rings is 1. The number of hydrogen-bond donors (Lipinski definition) is 1. The summed E-state index contributed by atoms with van der Waals surface area (Å²) in [7, 11) is 0. The van der Waals surface area contributed by atoms with E-state index in [9.17, 15) is 4.79 Å². The molecule has 0 aliphatic rings. The zero-order valence-electron chi connectivity index (χ0n) is 16.3. The fourth-order valence-electron chi connectivity index (χ4n) is 2.75. The van der Waals surface area contributed by atoms with Gasteiger partial charge in [-0.15, -0.1) is 21.5 Å². The zero-order chi connectivity index (χ0) is 19.9. The lowest BCUT2D eigenvalue weighted by Crippen LogP contribution is -2.15. The van der Waals surface area contributed by atoms with Gasteiger partial charge in [0, 0.05) is 22.4 Å². The van der Waals surface area contributed by atoms with E-state index in [4.69, 9.17) is 4.74 Å². The van der Waals surface area contributed by atoms with Crippen molar-refractivity contribution in [3.63, 3.8) is 0 Å². The number of amides is 1. The molecule has 0 fully saturated rings. The van der Waals surface area contributed by atoms with Crippen LogP contribution in [-0.2, 0) is 17.8 Å². The van der Waals surface area contributed by atoms with Gasteiger partial charge < -0.3 is 14.6 Å². The molecule has 1 N–H and O–H groups in total. The van der Waals surface area contributed by atoms with Gasteiger partial charge in [0.2, 0.25) is 5.91 Å². The minimum atomic E-state index is -0.104. The van der Waals surface area contributed by atoms with Crippen molar-refractivity contribution >= 4 is 34.7 Å². The minimum absolute atomic E-state index is 0.104. The Morgan fingerprint density at radius 2 is 2.07 bits per heavy atom. The first-order valence-electron chi connectivity index (χ1n) is 9.31. The molecule has 28 heavy (non-hydrogen) atoms. The van der Waals surface area contributed by atoms with Gasteiger partial charge in [0.15, 0.2) is 11.0 Å². The van der Waals surface area contributed by atoms with E-state index in [2.05, 4.69) is 40.8 Å². The summed E-state index contributed by atoms with van der Waals surface area (Å²) in [4.78, 5) is 13.7. The number of para-hydroxylation sites is 2. The van der Waals surface area contributed by atoms with Crippen LogP contribution in [0.2, 0.25) is 0 Å². The predicted molar refractivity (Wildman–Crippen MR) is 115 cm³/mol. The second kappa shape index (κ2) is 9.75. The molecule has 1 aromatic carbocycles. The van der Waals surface area contributed by atoms with Crippen molar-refractivity contribution in [2.45, 2.75) is 38.9 Å². The Morgan fingerprint density at radius 3 is 2.79 bits per heavy atom. The average Bonchev–Trinajstić information content (AvgIpc) is 3.34. The van der Waals surface area contributed by atoms with E-state index in [0.717, 1.165) is 29.5 Å². The summed E-state index contributed by atoms with van der Waals surface area (Å²) in [6, 6.07) is 9.60. The normalized spacial score (nSPS) is 10.8. The number of nitrogens with zero attached hydrogens (tertiary/aromatic N) is 3. The Hall–Kier alpha value is -2.32. The van der Waals surface area contributed by atoms with Crippen LogP contribution in [-0.4, -0.2) is 33.0 Å². The summed E-state index contributed by atoms with van der Waals surface area (Å²) < 4.78 is 7.60. The number of carbonyl (C=O) groups excluding carboxylic acids is 1. The molecule has 0 aliphatic carbocycles. The lowest BCUT2D eigenvalue weighted by molar-refractivity contribution is -0.113. The van der Waals surface area contributed by atoms with Crippen molar-refractivity contribution in [2.24, 2.45) is 0 Å². The van der Waals surface area contributed by atoms with E-state index in [1.165, 1.54) is 16.6 Å². The lowest BCUT2D eigenvalue weighted by atomic mass is 10.2. The smallest absolute Gasteiger partial charge is 0.234 e. The van der Waals surface area contributed by atoms with Crippen molar-refractivity contribution < 1.29 is 9.53 Å². The molecule has 3 rings (SSSR count). The third kappa shape index (κ3) is 4.74. The molecule has 0 atom stereocenters. The first kappa shape index (κ1) is 20.4. The van der Waals surface area contributed by atoms with Crippen molar-refractivity contribution in [1.29, 1.82) is 0 Å². The van der Waals surface area contributed by atoms with Crippen molar-refractivity contribution in [2.75, 3.05) is 17.7 Å². The molecule has 3 aromatic rings. The number of ether oxygens (including phenoxy) is 1. The zero-order valence-corrected chi connectivity index (χ0v) is 17.9. The molecule has 0 saturated heterocycles. The minimum Gasteiger partial charge on any atom is -0.492 e. The van der Waals surface area contributed by atoms with Crippen LogP contribution >= 0.6 is 23.1 Å². The van der Waals surface area contributed by atoms with Crippen molar-refractivity contribution in [3.05, 3.63) is 40.6 Å². The summed E-state index contributed by atoms with van der Waals surface area (Å²) in [6.07, 6.45) is 1.01. The maximum Gasteiger partial charge on any atom is 0.234 e. The van der Waals surface area contributed by atoms with E-state index in [1.54, 1.807) is 11.3 Å². The Bertz CT molecular complexity index is 936. The van der Waals surface area contributed by atoms with Gasteiger partial charge in [-0.3, -0.25) is 4.79 Å². The second-order valence-electron chi connectivity index (χ2n) is 5.97. The highest BCUT2D eigenvalue weighted by atomic mass is 32.2. The topological polar surface area (TPSA) is 69.0 Å². The molecule has 2 aromatic heterocycles. The van der Waals surface area contributed by atoms with Crippen LogP contribution in [0.25, 0.3) is 11.4 Å². The van der Waals surface area contributed by atoms with Crippen molar-refractivity contribution in [1.82, 2.24) is 14.8 Å². The number of carbonyl (C=O) groups is 1. The maximum absolute atomic E-state index is 12.4. The van der Waals surface area contributed by atoms with Gasteiger partial charge in [0.25, 0.3) is 0 Å². The van der Waals surface area contributed by atoms with Gasteiger partial charge in [-0.25, -0.2) is 0 Å². The highest BCUT2D eigenvalue weighted by Gasteiger charge is 2.16. The number of aryl methyl sites for hydroxylation is 1. The van der Waals surface area contributed by atoms with Crippen LogP contribution < -0.4 is 10.1 Å². The molecular formula is C20H24N4O2S2. The summed E-state index contributed by atoms with van der Waals surface area (Å²) in [5.41, 5.74) is 1.76. The van der Waals surface area contributed by atoms with Crippen LogP contribution in [0.4, 0.5) is 5.69 Å². The summed E-state index contributed by atoms with van der Waals surface area (Å²) in [5.74, 6) is 1.67. The van der Waals surface area contributed by atoms with Crippen LogP contribution in [0, 0.1) is 0 Å². The molecule has 6 nitrogen and oxygen atoms in total. The quantitative estimate of drug-likeness (QED) is 0.511. The molecule has 0 aliphatic heterocycles. The third-order valence-electron chi connectivity index (χ3n) is 4.09. The molecule has 2 heterocycles. The molecular weight excluding hydrogens is 392 g/mol. The van der Waals surface area contributed by atoms with Gasteiger partial charge in [-0.1, -0.05) is 30.8 Å². The first-order chi connectivity index (χ1) is 13.7. The number of nitrogens with one attached hydrogen (secondary N) is 1. The van der Waals surface area contributed by atoms with Gasteiger partial charge >= 0.3 is 0 Å². The fraction of sp³-hybridized carbons (Fsp3) is 0.350. The Balaban J connectivity index is 1.67. The standard InChI is InChI=1S/C20H24N4O2S2/c1-4-15-11-14(12-27-15)19-22-23-20(24(19)5-2)28-13-18(25)21-16-9-7-8-10-17(16)26-6-3/h7-12H,4-6,13H2,1-3H3,(H,21,25). The summed E-state index contributed by atoms with van der Waals surface area (Å²) in [5, 5.41) is 14.4. The van der Waals surface area contributed by atoms with Crippen LogP contribution in [0.15, 0.2) is 40.9 Å². The molecule has 1 amide bonds. The molecule has 148 valence electrons. The van der Waals surface area contributed by atoms with E-state index in [1.807, 2.05) is 35.8 Å². The Morgan fingerprint density at radius 1 is 1.25 bits per heavy atom. The number of benzene rings is 1. The Kier molecular flexibility index (Phi) is 7.11. The number of thioether (sulfide) groups is 1. The van der Waals surface area contributed by atoms with E-state index in [-0.39, 0.29) is 11.7 Å². The van der Waals surface area contributed by atoms with Crippen molar-refractivity contribution in [3.8, 4) is 17.1 Å². The van der Waals surface area contributed by atoms with Gasteiger partial charge in [0.05, 0.1) is 18.0 Å². The SMILES string of the molecule is CCOc1ccccc1NC(=O)CSc1nnc(-c2csc(CC)c2)n1CC. The molecule has 0 unspecified atom stereocenters. The molecule has 0 saturated carbocycles. The third-order valence-corrected chi connectivity index (χ3v) is 6.13. The summed E-state index contributed by atoms with van der Waals surface area (Å²) in [6.45, 7) is 7.41. The fourth-order valence-corrected chi connectivity index (χ4v) is 4.36. The van der Waals surface area contributed by atoms with Crippen LogP contribution in [0.1, 0.15) is 25.6 Å². The van der Waals surface area contributed by atoms with Crippen LogP contribution in [0.5, 0.6) is 5.75 Å². The van der Waals surface area contributed by atoms with E-state index >= 15 is 0 Å². The molecule has 0 spiro atoms. The largest absolute Gasteiger partial charge is 0.492 e. The maximum atomic E-state index is 12.4. The van der Waals surface area contributed by atoms with E-state index in [0.29, 0.717) is 18.0 Å². The highest BCUT2D eigenvalue weighted by Crippen LogP contribution is 2.28. The molecule has 0 bridgehead atoms. The van der Waals surface area contributed by atoms with E-state index < -0.39 is 0 Å².